The molecular formula is C11H13F2N. The van der Waals surface area contributed by atoms with Crippen LogP contribution in [0.3, 0.4) is 0 Å². The van der Waals surface area contributed by atoms with Crippen LogP contribution >= 0.6 is 0 Å². The number of rotatable bonds is 4. The zero-order valence-corrected chi connectivity index (χ0v) is 7.84. The van der Waals surface area contributed by atoms with Crippen molar-refractivity contribution in [3.05, 3.63) is 41.5 Å². The molecule has 0 heterocycles. The Morgan fingerprint density at radius 2 is 2.07 bits per heavy atom. The third-order valence-corrected chi connectivity index (χ3v) is 1.83. The topological polar surface area (TPSA) is 26.0 Å². The summed E-state index contributed by atoms with van der Waals surface area (Å²) in [5.41, 5.74) is 5.57. The SMILES string of the molecule is NCCC/C=C/c1cc(F)ccc1F. The summed E-state index contributed by atoms with van der Waals surface area (Å²) in [4.78, 5) is 0. The highest BCUT2D eigenvalue weighted by Gasteiger charge is 1.98. The fraction of sp³-hybridized carbons (Fsp3) is 0.273. The van der Waals surface area contributed by atoms with Crippen molar-refractivity contribution in [1.82, 2.24) is 0 Å². The highest BCUT2D eigenvalue weighted by atomic mass is 19.1. The van der Waals surface area contributed by atoms with E-state index in [1.54, 1.807) is 12.2 Å². The molecule has 0 bridgehead atoms. The van der Waals surface area contributed by atoms with Crippen molar-refractivity contribution in [2.75, 3.05) is 6.54 Å². The highest BCUT2D eigenvalue weighted by Crippen LogP contribution is 2.11. The lowest BCUT2D eigenvalue weighted by Crippen LogP contribution is -1.96. The van der Waals surface area contributed by atoms with Gasteiger partial charge in [-0.05, 0) is 37.6 Å². The van der Waals surface area contributed by atoms with Crippen LogP contribution in [0.15, 0.2) is 24.3 Å². The fourth-order valence-electron chi connectivity index (χ4n) is 1.09. The largest absolute Gasteiger partial charge is 0.330 e. The highest BCUT2D eigenvalue weighted by molar-refractivity contribution is 5.49. The maximum atomic E-state index is 13.0. The molecule has 0 aliphatic heterocycles. The van der Waals surface area contributed by atoms with Gasteiger partial charge in [0.05, 0.1) is 0 Å². The van der Waals surface area contributed by atoms with Gasteiger partial charge in [0.15, 0.2) is 0 Å². The summed E-state index contributed by atoms with van der Waals surface area (Å²) in [6.07, 6.45) is 5.01. The normalized spacial score (nSPS) is 11.1. The van der Waals surface area contributed by atoms with Crippen molar-refractivity contribution >= 4 is 6.08 Å². The Bertz CT molecular complexity index is 321. The van der Waals surface area contributed by atoms with Crippen LogP contribution in [-0.2, 0) is 0 Å². The minimum Gasteiger partial charge on any atom is -0.330 e. The second kappa shape index (κ2) is 5.50. The van der Waals surface area contributed by atoms with Crippen LogP contribution < -0.4 is 5.73 Å². The van der Waals surface area contributed by atoms with Gasteiger partial charge in [0.25, 0.3) is 0 Å². The molecule has 0 aromatic heterocycles. The average molecular weight is 197 g/mol. The summed E-state index contributed by atoms with van der Waals surface area (Å²) in [5.74, 6) is -0.833. The van der Waals surface area contributed by atoms with E-state index in [0.29, 0.717) is 6.54 Å². The Morgan fingerprint density at radius 3 is 2.79 bits per heavy atom. The lowest BCUT2D eigenvalue weighted by atomic mass is 10.1. The molecular weight excluding hydrogens is 184 g/mol. The average Bonchev–Trinajstić information content (AvgIpc) is 2.18. The maximum absolute atomic E-state index is 13.0. The van der Waals surface area contributed by atoms with E-state index in [1.807, 2.05) is 0 Å². The van der Waals surface area contributed by atoms with E-state index in [1.165, 1.54) is 6.07 Å². The van der Waals surface area contributed by atoms with Crippen molar-refractivity contribution in [1.29, 1.82) is 0 Å². The molecule has 0 spiro atoms. The summed E-state index contributed by atoms with van der Waals surface area (Å²) >= 11 is 0. The van der Waals surface area contributed by atoms with Crippen molar-refractivity contribution in [3.8, 4) is 0 Å². The standard InChI is InChI=1S/C11H13F2N/c12-10-5-6-11(13)9(8-10)4-2-1-3-7-14/h2,4-6,8H,1,3,7,14H2/b4-2+. The second-order valence-corrected chi connectivity index (χ2v) is 3.00. The number of benzene rings is 1. The number of halogens is 2. The van der Waals surface area contributed by atoms with Gasteiger partial charge in [-0.2, -0.15) is 0 Å². The van der Waals surface area contributed by atoms with Gasteiger partial charge in [0.2, 0.25) is 0 Å². The number of allylic oxidation sites excluding steroid dienone is 1. The lowest BCUT2D eigenvalue weighted by Gasteiger charge is -1.96. The predicted molar refractivity (Wildman–Crippen MR) is 53.7 cm³/mol. The number of hydrogen-bond acceptors (Lipinski definition) is 1. The first kappa shape index (κ1) is 10.9. The van der Waals surface area contributed by atoms with Crippen LogP contribution in [0.4, 0.5) is 8.78 Å². The summed E-state index contributed by atoms with van der Waals surface area (Å²) in [6, 6.07) is 3.40. The summed E-state index contributed by atoms with van der Waals surface area (Å²) in [7, 11) is 0. The molecule has 0 atom stereocenters. The van der Waals surface area contributed by atoms with Gasteiger partial charge in [-0.1, -0.05) is 12.2 Å². The molecule has 1 rings (SSSR count). The van der Waals surface area contributed by atoms with Crippen molar-refractivity contribution in [2.45, 2.75) is 12.8 Å². The van der Waals surface area contributed by atoms with Gasteiger partial charge in [0.1, 0.15) is 11.6 Å². The summed E-state index contributed by atoms with van der Waals surface area (Å²) < 4.78 is 25.7. The molecule has 76 valence electrons. The first-order valence-corrected chi connectivity index (χ1v) is 4.55. The lowest BCUT2D eigenvalue weighted by molar-refractivity contribution is 0.598. The molecule has 0 amide bonds. The van der Waals surface area contributed by atoms with E-state index in [-0.39, 0.29) is 5.56 Å². The maximum Gasteiger partial charge on any atom is 0.130 e. The summed E-state index contributed by atoms with van der Waals surface area (Å²) in [5, 5.41) is 0. The molecule has 0 saturated heterocycles. The Hall–Kier alpha value is -1.22. The van der Waals surface area contributed by atoms with E-state index < -0.39 is 11.6 Å². The van der Waals surface area contributed by atoms with E-state index in [9.17, 15) is 8.78 Å². The van der Waals surface area contributed by atoms with E-state index >= 15 is 0 Å². The monoisotopic (exact) mass is 197 g/mol. The Kier molecular flexibility index (Phi) is 4.26. The molecule has 1 nitrogen and oxygen atoms in total. The molecule has 0 aliphatic carbocycles. The Balaban J connectivity index is 2.65. The molecule has 0 unspecified atom stereocenters. The van der Waals surface area contributed by atoms with Crippen LogP contribution in [0, 0.1) is 11.6 Å². The predicted octanol–water partition coefficient (Wildman–Crippen LogP) is 2.72. The van der Waals surface area contributed by atoms with E-state index in [4.69, 9.17) is 5.73 Å². The molecule has 0 saturated carbocycles. The van der Waals surface area contributed by atoms with E-state index in [2.05, 4.69) is 0 Å². The first-order valence-electron chi connectivity index (χ1n) is 4.55. The van der Waals surface area contributed by atoms with Gasteiger partial charge >= 0.3 is 0 Å². The molecule has 0 fully saturated rings. The van der Waals surface area contributed by atoms with Gasteiger partial charge in [-0.3, -0.25) is 0 Å². The molecule has 14 heavy (non-hydrogen) atoms. The smallest absolute Gasteiger partial charge is 0.130 e. The number of nitrogens with two attached hydrogens (primary N) is 1. The fourth-order valence-corrected chi connectivity index (χ4v) is 1.09. The molecule has 1 aromatic rings. The van der Waals surface area contributed by atoms with Crippen LogP contribution in [0.5, 0.6) is 0 Å². The minimum atomic E-state index is -0.426. The third kappa shape index (κ3) is 3.26. The molecule has 0 aliphatic rings. The van der Waals surface area contributed by atoms with E-state index in [0.717, 1.165) is 25.0 Å². The van der Waals surface area contributed by atoms with Crippen molar-refractivity contribution in [3.63, 3.8) is 0 Å². The van der Waals surface area contributed by atoms with Crippen LogP contribution in [0.2, 0.25) is 0 Å². The first-order chi connectivity index (χ1) is 6.74. The number of unbranched alkanes of at least 4 members (excludes halogenated alkanes) is 1. The van der Waals surface area contributed by atoms with Gasteiger partial charge in [-0.25, -0.2) is 8.78 Å². The third-order valence-electron chi connectivity index (χ3n) is 1.83. The molecule has 1 aromatic carbocycles. The Labute approximate surface area is 82.2 Å². The van der Waals surface area contributed by atoms with Gasteiger partial charge < -0.3 is 5.73 Å². The van der Waals surface area contributed by atoms with Crippen LogP contribution in [0.1, 0.15) is 18.4 Å². The molecule has 3 heteroatoms. The minimum absolute atomic E-state index is 0.280. The number of hydrogen-bond donors (Lipinski definition) is 1. The quantitative estimate of drug-likeness (QED) is 0.738. The molecule has 2 N–H and O–H groups in total. The molecule has 0 radical (unpaired) electrons. The van der Waals surface area contributed by atoms with Crippen molar-refractivity contribution in [2.24, 2.45) is 5.73 Å². The summed E-state index contributed by atoms with van der Waals surface area (Å²) in [6.45, 7) is 0.607. The van der Waals surface area contributed by atoms with Gasteiger partial charge in [-0.15, -0.1) is 0 Å². The second-order valence-electron chi connectivity index (χ2n) is 3.00. The van der Waals surface area contributed by atoms with Crippen LogP contribution in [0.25, 0.3) is 6.08 Å². The zero-order chi connectivity index (χ0) is 10.4. The zero-order valence-electron chi connectivity index (χ0n) is 7.84. The van der Waals surface area contributed by atoms with Crippen LogP contribution in [-0.4, -0.2) is 6.54 Å². The van der Waals surface area contributed by atoms with Gasteiger partial charge in [0, 0.05) is 5.56 Å². The Morgan fingerprint density at radius 1 is 1.29 bits per heavy atom. The van der Waals surface area contributed by atoms with Crippen molar-refractivity contribution < 1.29 is 8.78 Å².